The van der Waals surface area contributed by atoms with Gasteiger partial charge in [-0.15, -0.1) is 0 Å². The first-order chi connectivity index (χ1) is 11.5. The third-order valence-electron chi connectivity index (χ3n) is 3.43. The first kappa shape index (κ1) is 16.2. The van der Waals surface area contributed by atoms with Crippen molar-refractivity contribution in [3.63, 3.8) is 0 Å². The van der Waals surface area contributed by atoms with Crippen molar-refractivity contribution in [1.82, 2.24) is 9.55 Å². The van der Waals surface area contributed by atoms with Crippen LogP contribution in [0.25, 0.3) is 17.0 Å². The Balaban J connectivity index is 2.06. The summed E-state index contributed by atoms with van der Waals surface area (Å²) in [7, 11) is 0. The largest absolute Gasteiger partial charge is 0.366 e. The number of hydrogen-bond donors (Lipinski definition) is 1. The van der Waals surface area contributed by atoms with Crippen LogP contribution in [0.1, 0.15) is 15.9 Å². The molecular weight excluding hydrogens is 349 g/mol. The molecule has 0 aliphatic carbocycles. The Hall–Kier alpha value is -2.63. The van der Waals surface area contributed by atoms with Crippen LogP contribution in [0.2, 0.25) is 10.0 Å². The molecule has 3 rings (SSSR count). The van der Waals surface area contributed by atoms with Gasteiger partial charge in [-0.25, -0.2) is 0 Å². The minimum atomic E-state index is -0.588. The zero-order valence-electron chi connectivity index (χ0n) is 12.2. The number of halogens is 2. The minimum absolute atomic E-state index is 0.184. The number of nitrogens with two attached hydrogens (primary N) is 1. The van der Waals surface area contributed by atoms with Crippen molar-refractivity contribution >= 4 is 52.0 Å². The number of hydrogen-bond acceptors (Lipinski definition) is 3. The van der Waals surface area contributed by atoms with Crippen molar-refractivity contribution in [2.75, 3.05) is 0 Å². The van der Waals surface area contributed by atoms with Crippen LogP contribution in [-0.4, -0.2) is 21.4 Å². The molecule has 0 spiro atoms. The molecule has 0 aliphatic rings. The Kier molecular flexibility index (Phi) is 4.38. The van der Waals surface area contributed by atoms with Gasteiger partial charge >= 0.3 is 0 Å². The number of carbonyl (C=O) groups excluding carboxylic acids is 2. The van der Waals surface area contributed by atoms with E-state index in [1.807, 2.05) is 0 Å². The topological polar surface area (TPSA) is 78.0 Å². The highest BCUT2D eigenvalue weighted by atomic mass is 35.5. The van der Waals surface area contributed by atoms with Crippen LogP contribution in [0.15, 0.2) is 48.9 Å². The van der Waals surface area contributed by atoms with Crippen molar-refractivity contribution in [2.45, 2.75) is 0 Å². The highest BCUT2D eigenvalue weighted by molar-refractivity contribution is 6.40. The van der Waals surface area contributed by atoms with E-state index in [0.29, 0.717) is 11.1 Å². The fourth-order valence-electron chi connectivity index (χ4n) is 2.35. The second kappa shape index (κ2) is 6.47. The lowest BCUT2D eigenvalue weighted by Crippen LogP contribution is -2.12. The molecule has 7 heteroatoms. The number of nitrogens with zero attached hydrogens (tertiary/aromatic N) is 2. The molecule has 0 saturated carbocycles. The van der Waals surface area contributed by atoms with Gasteiger partial charge in [-0.1, -0.05) is 23.2 Å². The average Bonchev–Trinajstić information content (AvgIpc) is 2.96. The van der Waals surface area contributed by atoms with Crippen molar-refractivity contribution in [3.8, 4) is 0 Å². The third-order valence-corrected chi connectivity index (χ3v) is 4.02. The summed E-state index contributed by atoms with van der Waals surface area (Å²) in [5, 5.41) is 1.21. The highest BCUT2D eigenvalue weighted by Gasteiger charge is 2.19. The van der Waals surface area contributed by atoms with Crippen molar-refractivity contribution < 1.29 is 9.59 Å². The molecule has 5 nitrogen and oxygen atoms in total. The van der Waals surface area contributed by atoms with Crippen LogP contribution in [-0.2, 0) is 4.79 Å². The molecule has 0 atom stereocenters. The smallest absolute Gasteiger partial charge is 0.265 e. The molecule has 0 unspecified atom stereocenters. The van der Waals surface area contributed by atoms with E-state index < -0.39 is 5.91 Å². The summed E-state index contributed by atoms with van der Waals surface area (Å²) >= 11 is 12.5. The van der Waals surface area contributed by atoms with Crippen LogP contribution in [0, 0.1) is 0 Å². The molecule has 120 valence electrons. The van der Waals surface area contributed by atoms with Crippen LogP contribution in [0.5, 0.6) is 0 Å². The minimum Gasteiger partial charge on any atom is -0.366 e. The number of rotatable bonds is 3. The number of primary amides is 1. The predicted octanol–water partition coefficient (Wildman–Crippen LogP) is 3.53. The standard InChI is InChI=1S/C17H11Cl2N3O2/c18-12-7-10(1-2-15(20)23)8-13(19)16(12)17(24)22-6-4-11-9-21-5-3-14(11)22/h1-9H,(H2,20,23)/b2-1+. The lowest BCUT2D eigenvalue weighted by Gasteiger charge is -2.09. The molecule has 2 aromatic heterocycles. The predicted molar refractivity (Wildman–Crippen MR) is 94.2 cm³/mol. The summed E-state index contributed by atoms with van der Waals surface area (Å²) in [6.45, 7) is 0. The van der Waals surface area contributed by atoms with Crippen molar-refractivity contribution in [2.24, 2.45) is 5.73 Å². The van der Waals surface area contributed by atoms with E-state index in [0.717, 1.165) is 5.39 Å². The second-order valence-corrected chi connectivity index (χ2v) is 5.84. The second-order valence-electron chi connectivity index (χ2n) is 5.02. The van der Waals surface area contributed by atoms with E-state index in [2.05, 4.69) is 4.98 Å². The zero-order chi connectivity index (χ0) is 17.3. The Bertz CT molecular complexity index is 969. The van der Waals surface area contributed by atoms with Gasteiger partial charge in [0.05, 0.1) is 21.1 Å². The highest BCUT2D eigenvalue weighted by Crippen LogP contribution is 2.29. The summed E-state index contributed by atoms with van der Waals surface area (Å²) < 4.78 is 1.46. The third kappa shape index (κ3) is 3.04. The van der Waals surface area contributed by atoms with Crippen LogP contribution in [0.3, 0.4) is 0 Å². The van der Waals surface area contributed by atoms with Gasteiger partial charge in [0, 0.05) is 30.1 Å². The molecule has 0 bridgehead atoms. The summed E-state index contributed by atoms with van der Waals surface area (Å²) in [4.78, 5) is 27.6. The average molecular weight is 360 g/mol. The van der Waals surface area contributed by atoms with Crippen molar-refractivity contribution in [1.29, 1.82) is 0 Å². The Morgan fingerprint density at radius 1 is 1.17 bits per heavy atom. The van der Waals surface area contributed by atoms with Gasteiger partial charge in [0.2, 0.25) is 5.91 Å². The molecule has 0 saturated heterocycles. The summed E-state index contributed by atoms with van der Waals surface area (Å²) in [6.07, 6.45) is 7.58. The Morgan fingerprint density at radius 2 is 1.88 bits per heavy atom. The molecule has 1 amide bonds. The fourth-order valence-corrected chi connectivity index (χ4v) is 3.02. The summed E-state index contributed by atoms with van der Waals surface area (Å²) in [5.41, 5.74) is 6.52. The van der Waals surface area contributed by atoms with Gasteiger partial charge in [0.15, 0.2) is 0 Å². The molecule has 0 radical (unpaired) electrons. The lowest BCUT2D eigenvalue weighted by molar-refractivity contribution is -0.113. The van der Waals surface area contributed by atoms with E-state index in [4.69, 9.17) is 28.9 Å². The van der Waals surface area contributed by atoms with Crippen LogP contribution in [0.4, 0.5) is 0 Å². The molecule has 2 heterocycles. The first-order valence-corrected chi connectivity index (χ1v) is 7.65. The maximum Gasteiger partial charge on any atom is 0.265 e. The van der Waals surface area contributed by atoms with E-state index in [9.17, 15) is 9.59 Å². The number of fused-ring (bicyclic) bond motifs is 1. The van der Waals surface area contributed by atoms with Crippen molar-refractivity contribution in [3.05, 3.63) is 70.1 Å². The molecule has 1 aromatic carbocycles. The monoisotopic (exact) mass is 359 g/mol. The van der Waals surface area contributed by atoms with Crippen LogP contribution < -0.4 is 5.73 Å². The molecule has 2 N–H and O–H groups in total. The number of carbonyl (C=O) groups is 2. The normalized spacial score (nSPS) is 11.2. The van der Waals surface area contributed by atoms with E-state index in [1.54, 1.807) is 42.9 Å². The first-order valence-electron chi connectivity index (χ1n) is 6.89. The van der Waals surface area contributed by atoms with Gasteiger partial charge < -0.3 is 5.73 Å². The number of benzene rings is 1. The van der Waals surface area contributed by atoms with E-state index in [-0.39, 0.29) is 21.5 Å². The van der Waals surface area contributed by atoms with Gasteiger partial charge in [-0.2, -0.15) is 0 Å². The number of amides is 1. The molecule has 0 aliphatic heterocycles. The van der Waals surface area contributed by atoms with Crippen LogP contribution >= 0.6 is 23.2 Å². The van der Waals surface area contributed by atoms with Gasteiger partial charge in [0.1, 0.15) is 0 Å². The fraction of sp³-hybridized carbons (Fsp3) is 0. The molecule has 3 aromatic rings. The summed E-state index contributed by atoms with van der Waals surface area (Å²) in [5.74, 6) is -0.938. The van der Waals surface area contributed by atoms with E-state index >= 15 is 0 Å². The molecular formula is C17H11Cl2N3O2. The number of pyridine rings is 1. The lowest BCUT2D eigenvalue weighted by atomic mass is 10.1. The molecule has 24 heavy (non-hydrogen) atoms. The Morgan fingerprint density at radius 3 is 2.54 bits per heavy atom. The van der Waals surface area contributed by atoms with Gasteiger partial charge in [-0.3, -0.25) is 19.1 Å². The van der Waals surface area contributed by atoms with Gasteiger partial charge in [-0.05, 0) is 35.9 Å². The zero-order valence-corrected chi connectivity index (χ0v) is 13.8. The Labute approximate surface area is 147 Å². The quantitative estimate of drug-likeness (QED) is 0.726. The molecule has 0 fully saturated rings. The maximum absolute atomic E-state index is 12.8. The summed E-state index contributed by atoms with van der Waals surface area (Å²) in [6, 6.07) is 6.62. The SMILES string of the molecule is NC(=O)/C=C/c1cc(Cl)c(C(=O)n2ccc3cnccc32)c(Cl)c1. The maximum atomic E-state index is 12.8. The van der Waals surface area contributed by atoms with E-state index in [1.165, 1.54) is 16.7 Å². The van der Waals surface area contributed by atoms with Gasteiger partial charge in [0.25, 0.3) is 5.91 Å². The number of aromatic nitrogens is 2.